The van der Waals surface area contributed by atoms with Crippen molar-refractivity contribution in [1.29, 1.82) is 0 Å². The van der Waals surface area contributed by atoms with Gasteiger partial charge in [-0.3, -0.25) is 9.78 Å². The molecule has 0 aliphatic heterocycles. The molecule has 0 aliphatic carbocycles. The lowest BCUT2D eigenvalue weighted by Gasteiger charge is -2.13. The molecule has 1 heterocycles. The summed E-state index contributed by atoms with van der Waals surface area (Å²) >= 11 is 0. The van der Waals surface area contributed by atoms with Crippen molar-refractivity contribution >= 4 is 5.91 Å². The maximum absolute atomic E-state index is 11.2. The van der Waals surface area contributed by atoms with E-state index in [4.69, 9.17) is 11.5 Å². The van der Waals surface area contributed by atoms with Crippen molar-refractivity contribution in [3.63, 3.8) is 0 Å². The Morgan fingerprint density at radius 3 is 2.28 bits per heavy atom. The third-order valence-electron chi connectivity index (χ3n) is 4.44. The van der Waals surface area contributed by atoms with Crippen LogP contribution in [-0.4, -0.2) is 10.9 Å². The van der Waals surface area contributed by atoms with Gasteiger partial charge in [0, 0.05) is 29.9 Å². The van der Waals surface area contributed by atoms with Gasteiger partial charge >= 0.3 is 0 Å². The number of benzene rings is 2. The van der Waals surface area contributed by atoms with Gasteiger partial charge in [0.15, 0.2) is 0 Å². The normalized spacial score (nSPS) is 11.9. The van der Waals surface area contributed by atoms with Crippen LogP contribution < -0.4 is 11.5 Å². The van der Waals surface area contributed by atoms with E-state index in [1.165, 1.54) is 5.56 Å². The molecule has 1 aromatic heterocycles. The first kappa shape index (κ1) is 16.9. The lowest BCUT2D eigenvalue weighted by molar-refractivity contribution is 0.100. The van der Waals surface area contributed by atoms with E-state index in [9.17, 15) is 4.79 Å². The third kappa shape index (κ3) is 3.75. The highest BCUT2D eigenvalue weighted by molar-refractivity contribution is 5.93. The number of aromatic nitrogens is 1. The van der Waals surface area contributed by atoms with Crippen LogP contribution in [0.25, 0.3) is 11.1 Å². The minimum Gasteiger partial charge on any atom is -0.366 e. The summed E-state index contributed by atoms with van der Waals surface area (Å²) in [6.45, 7) is 2.68. The van der Waals surface area contributed by atoms with Crippen molar-refractivity contribution in [2.75, 3.05) is 0 Å². The van der Waals surface area contributed by atoms with Crippen LogP contribution in [0.3, 0.4) is 0 Å². The van der Waals surface area contributed by atoms with Gasteiger partial charge < -0.3 is 11.5 Å². The minimum absolute atomic E-state index is 0.177. The Bertz CT molecular complexity index is 870. The summed E-state index contributed by atoms with van der Waals surface area (Å²) in [6, 6.07) is 19.6. The summed E-state index contributed by atoms with van der Waals surface area (Å²) in [5, 5.41) is 0. The SMILES string of the molecule is C[C@H](c1ccc(CN)cc1)c1cc(-c2ccc(C(N)=O)cc2)ccn1. The van der Waals surface area contributed by atoms with Gasteiger partial charge in [0.1, 0.15) is 0 Å². The number of carbonyl (C=O) groups is 1. The molecule has 1 amide bonds. The van der Waals surface area contributed by atoms with Crippen LogP contribution in [0, 0.1) is 0 Å². The molecule has 3 aromatic rings. The second-order valence-corrected chi connectivity index (χ2v) is 6.08. The van der Waals surface area contributed by atoms with Gasteiger partial charge in [-0.25, -0.2) is 0 Å². The number of hydrogen-bond donors (Lipinski definition) is 2. The first-order valence-corrected chi connectivity index (χ1v) is 8.23. The zero-order valence-corrected chi connectivity index (χ0v) is 14.1. The maximum atomic E-state index is 11.2. The quantitative estimate of drug-likeness (QED) is 0.751. The van der Waals surface area contributed by atoms with Gasteiger partial charge in [-0.15, -0.1) is 0 Å². The Morgan fingerprint density at radius 1 is 1.00 bits per heavy atom. The molecule has 3 rings (SSSR count). The number of hydrogen-bond acceptors (Lipinski definition) is 3. The number of nitrogens with zero attached hydrogens (tertiary/aromatic N) is 1. The van der Waals surface area contributed by atoms with Crippen molar-refractivity contribution in [1.82, 2.24) is 4.98 Å². The average molecular weight is 331 g/mol. The van der Waals surface area contributed by atoms with Crippen LogP contribution >= 0.6 is 0 Å². The van der Waals surface area contributed by atoms with Crippen molar-refractivity contribution in [2.45, 2.75) is 19.4 Å². The zero-order valence-electron chi connectivity index (χ0n) is 14.1. The Hall–Kier alpha value is -2.98. The van der Waals surface area contributed by atoms with Crippen LogP contribution in [0.5, 0.6) is 0 Å². The number of pyridine rings is 1. The molecule has 0 bridgehead atoms. The minimum atomic E-state index is -0.420. The summed E-state index contributed by atoms with van der Waals surface area (Å²) < 4.78 is 0. The summed E-state index contributed by atoms with van der Waals surface area (Å²) in [4.78, 5) is 15.7. The highest BCUT2D eigenvalue weighted by Crippen LogP contribution is 2.27. The highest BCUT2D eigenvalue weighted by Gasteiger charge is 2.11. The summed E-state index contributed by atoms with van der Waals surface area (Å²) in [5.41, 5.74) is 16.9. The Balaban J connectivity index is 1.88. The standard InChI is InChI=1S/C21H21N3O/c1-14(16-4-2-15(13-22)3-5-16)20-12-19(10-11-24-20)17-6-8-18(9-7-17)21(23)25/h2-12,14H,13,22H2,1H3,(H2,23,25)/t14-/m1/s1. The molecule has 0 saturated carbocycles. The second-order valence-electron chi connectivity index (χ2n) is 6.08. The average Bonchev–Trinajstić information content (AvgIpc) is 2.67. The van der Waals surface area contributed by atoms with Gasteiger partial charge in [0.2, 0.25) is 5.91 Å². The van der Waals surface area contributed by atoms with E-state index in [2.05, 4.69) is 42.2 Å². The lowest BCUT2D eigenvalue weighted by Crippen LogP contribution is -2.10. The van der Waals surface area contributed by atoms with Crippen molar-refractivity contribution in [3.05, 3.63) is 89.2 Å². The molecule has 126 valence electrons. The molecule has 0 saturated heterocycles. The van der Waals surface area contributed by atoms with E-state index in [1.54, 1.807) is 12.1 Å². The molecule has 0 aliphatic rings. The van der Waals surface area contributed by atoms with Gasteiger partial charge in [-0.05, 0) is 46.5 Å². The zero-order chi connectivity index (χ0) is 17.8. The fourth-order valence-electron chi connectivity index (χ4n) is 2.80. The van der Waals surface area contributed by atoms with Crippen LogP contribution in [0.15, 0.2) is 66.9 Å². The van der Waals surface area contributed by atoms with Gasteiger partial charge in [-0.2, -0.15) is 0 Å². The molecule has 0 fully saturated rings. The van der Waals surface area contributed by atoms with E-state index >= 15 is 0 Å². The fraction of sp³-hybridized carbons (Fsp3) is 0.143. The van der Waals surface area contributed by atoms with Crippen molar-refractivity contribution in [2.24, 2.45) is 11.5 Å². The van der Waals surface area contributed by atoms with Gasteiger partial charge in [0.25, 0.3) is 0 Å². The molecule has 4 nitrogen and oxygen atoms in total. The molecule has 25 heavy (non-hydrogen) atoms. The second kappa shape index (κ2) is 7.28. The van der Waals surface area contributed by atoms with E-state index in [1.807, 2.05) is 24.4 Å². The molecule has 0 spiro atoms. The van der Waals surface area contributed by atoms with Crippen LogP contribution in [0.2, 0.25) is 0 Å². The lowest BCUT2D eigenvalue weighted by atomic mass is 9.94. The molecular weight excluding hydrogens is 310 g/mol. The van der Waals surface area contributed by atoms with Crippen molar-refractivity contribution < 1.29 is 4.79 Å². The number of primary amides is 1. The summed E-state index contributed by atoms with van der Waals surface area (Å²) in [5.74, 6) is -0.242. The molecule has 4 heteroatoms. The molecule has 4 N–H and O–H groups in total. The predicted molar refractivity (Wildman–Crippen MR) is 100 cm³/mol. The first-order valence-electron chi connectivity index (χ1n) is 8.23. The van der Waals surface area contributed by atoms with E-state index in [0.29, 0.717) is 12.1 Å². The predicted octanol–water partition coefficient (Wildman–Crippen LogP) is 3.46. The van der Waals surface area contributed by atoms with Crippen molar-refractivity contribution in [3.8, 4) is 11.1 Å². The van der Waals surface area contributed by atoms with Gasteiger partial charge in [0.05, 0.1) is 0 Å². The fourth-order valence-corrected chi connectivity index (χ4v) is 2.80. The molecule has 1 atom stereocenters. The maximum Gasteiger partial charge on any atom is 0.248 e. The molecule has 2 aromatic carbocycles. The number of rotatable bonds is 5. The van der Waals surface area contributed by atoms with Gasteiger partial charge in [-0.1, -0.05) is 43.3 Å². The smallest absolute Gasteiger partial charge is 0.248 e. The van der Waals surface area contributed by atoms with Crippen LogP contribution in [-0.2, 0) is 6.54 Å². The molecular formula is C21H21N3O. The Morgan fingerprint density at radius 2 is 1.68 bits per heavy atom. The summed E-state index contributed by atoms with van der Waals surface area (Å²) in [6.07, 6.45) is 1.82. The molecule has 0 radical (unpaired) electrons. The van der Waals surface area contributed by atoms with E-state index in [0.717, 1.165) is 22.4 Å². The monoisotopic (exact) mass is 331 g/mol. The van der Waals surface area contributed by atoms with Crippen LogP contribution in [0.4, 0.5) is 0 Å². The Kier molecular flexibility index (Phi) is 4.91. The number of amides is 1. The van der Waals surface area contributed by atoms with E-state index < -0.39 is 5.91 Å². The number of nitrogens with two attached hydrogens (primary N) is 2. The molecule has 0 unspecified atom stereocenters. The first-order chi connectivity index (χ1) is 12.1. The van der Waals surface area contributed by atoms with E-state index in [-0.39, 0.29) is 5.92 Å². The Labute approximate surface area is 147 Å². The van der Waals surface area contributed by atoms with Crippen LogP contribution in [0.1, 0.15) is 40.0 Å². The highest BCUT2D eigenvalue weighted by atomic mass is 16.1. The third-order valence-corrected chi connectivity index (χ3v) is 4.44. The number of carbonyl (C=O) groups excluding carboxylic acids is 1. The summed E-state index contributed by atoms with van der Waals surface area (Å²) in [7, 11) is 0. The largest absolute Gasteiger partial charge is 0.366 e. The topological polar surface area (TPSA) is 82.0 Å².